The Hall–Kier alpha value is -1.10. The molecule has 0 heterocycles. The monoisotopic (exact) mass is 205 g/mol. The lowest BCUT2D eigenvalue weighted by atomic mass is 10.4. The Kier molecular flexibility index (Phi) is 8.04. The summed E-state index contributed by atoms with van der Waals surface area (Å²) in [6.45, 7) is 10.5. The first-order chi connectivity index (χ1) is 6.32. The third-order valence-corrected chi connectivity index (χ3v) is 2.46. The number of carboxylic acid groups (broad SMARTS) is 2. The first kappa shape index (κ1) is 15.4. The molecule has 0 aliphatic carbocycles. The Balaban J connectivity index is 0. The van der Waals surface area contributed by atoms with Gasteiger partial charge in [0.15, 0.2) is 5.97 Å². The Labute approximate surface area is 84.5 Å². The van der Waals surface area contributed by atoms with Gasteiger partial charge in [-0.1, -0.05) is 0 Å². The van der Waals surface area contributed by atoms with Gasteiger partial charge in [0.25, 0.3) is 0 Å². The summed E-state index contributed by atoms with van der Waals surface area (Å²) < 4.78 is 1.21. The summed E-state index contributed by atoms with van der Waals surface area (Å²) in [7, 11) is 2.29. The van der Waals surface area contributed by atoms with Gasteiger partial charge in [-0.3, -0.25) is 0 Å². The number of hydrogen-bond donors (Lipinski definition) is 1. The molecule has 0 spiro atoms. The van der Waals surface area contributed by atoms with Crippen molar-refractivity contribution in [3.8, 4) is 0 Å². The lowest BCUT2D eigenvalue weighted by Gasteiger charge is -2.30. The fraction of sp³-hybridized carbons (Fsp3) is 0.778. The van der Waals surface area contributed by atoms with Gasteiger partial charge in [-0.15, -0.1) is 0 Å². The van der Waals surface area contributed by atoms with Gasteiger partial charge in [0.1, 0.15) is 0 Å². The van der Waals surface area contributed by atoms with Crippen molar-refractivity contribution in [2.45, 2.75) is 20.8 Å². The Morgan fingerprint density at radius 3 is 1.36 bits per heavy atom. The van der Waals surface area contributed by atoms with Crippen LogP contribution in [0.1, 0.15) is 20.8 Å². The summed E-state index contributed by atoms with van der Waals surface area (Å²) in [5.74, 6) is -4.01. The fourth-order valence-electron chi connectivity index (χ4n) is 0.671. The van der Waals surface area contributed by atoms with Gasteiger partial charge >= 0.3 is 5.97 Å². The molecule has 0 amide bonds. The molecule has 1 N–H and O–H groups in total. The van der Waals surface area contributed by atoms with Gasteiger partial charge in [-0.05, 0) is 20.8 Å². The molecule has 0 aliphatic rings. The third-order valence-electron chi connectivity index (χ3n) is 2.46. The molecule has 0 aliphatic heterocycles. The van der Waals surface area contributed by atoms with Crippen LogP contribution < -0.4 is 5.11 Å². The van der Waals surface area contributed by atoms with Crippen molar-refractivity contribution < 1.29 is 24.3 Å². The average molecular weight is 205 g/mol. The van der Waals surface area contributed by atoms with Gasteiger partial charge in [-0.25, -0.2) is 4.79 Å². The molecule has 5 heteroatoms. The predicted molar refractivity (Wildman–Crippen MR) is 50.5 cm³/mol. The van der Waals surface area contributed by atoms with Crippen LogP contribution in [-0.2, 0) is 9.59 Å². The van der Waals surface area contributed by atoms with E-state index < -0.39 is 11.9 Å². The highest BCUT2D eigenvalue weighted by atomic mass is 16.4. The summed E-state index contributed by atoms with van der Waals surface area (Å²) in [5.41, 5.74) is 0. The first-order valence-corrected chi connectivity index (χ1v) is 4.60. The van der Waals surface area contributed by atoms with Crippen molar-refractivity contribution in [1.82, 2.24) is 0 Å². The normalized spacial score (nSPS) is 10.0. The van der Waals surface area contributed by atoms with Crippen LogP contribution in [-0.4, -0.2) is 48.2 Å². The second-order valence-electron chi connectivity index (χ2n) is 3.16. The molecule has 0 rings (SSSR count). The van der Waals surface area contributed by atoms with Crippen molar-refractivity contribution in [2.75, 3.05) is 26.7 Å². The van der Waals surface area contributed by atoms with E-state index in [2.05, 4.69) is 27.8 Å². The molecule has 0 aromatic carbocycles. The summed E-state index contributed by atoms with van der Waals surface area (Å²) >= 11 is 0. The van der Waals surface area contributed by atoms with E-state index in [9.17, 15) is 0 Å². The van der Waals surface area contributed by atoms with E-state index in [0.29, 0.717) is 0 Å². The second-order valence-corrected chi connectivity index (χ2v) is 3.16. The van der Waals surface area contributed by atoms with Crippen LogP contribution in [0.25, 0.3) is 0 Å². The van der Waals surface area contributed by atoms with Crippen molar-refractivity contribution in [2.24, 2.45) is 0 Å². The van der Waals surface area contributed by atoms with Crippen LogP contribution in [0.4, 0.5) is 0 Å². The SMILES string of the molecule is CC[N+](C)(CC)CC.O=C([O-])C(=O)O. The van der Waals surface area contributed by atoms with Gasteiger partial charge in [0.05, 0.1) is 26.7 Å². The molecule has 0 aromatic rings. The lowest BCUT2D eigenvalue weighted by Crippen LogP contribution is -2.42. The molecule has 0 fully saturated rings. The third kappa shape index (κ3) is 7.54. The fourth-order valence-corrected chi connectivity index (χ4v) is 0.671. The minimum absolute atomic E-state index is 1.21. The van der Waals surface area contributed by atoms with Crippen molar-refractivity contribution in [1.29, 1.82) is 0 Å². The predicted octanol–water partition coefficient (Wildman–Crippen LogP) is -0.686. The number of rotatable bonds is 3. The summed E-state index contributed by atoms with van der Waals surface area (Å²) in [5, 5.41) is 16.3. The molecule has 0 radical (unpaired) electrons. The number of carbonyl (C=O) groups excluding carboxylic acids is 1. The van der Waals surface area contributed by atoms with E-state index >= 15 is 0 Å². The zero-order valence-corrected chi connectivity index (χ0v) is 9.24. The van der Waals surface area contributed by atoms with Crippen molar-refractivity contribution >= 4 is 11.9 Å². The highest BCUT2D eigenvalue weighted by molar-refractivity contribution is 6.26. The molecule has 0 bridgehead atoms. The number of carbonyl (C=O) groups is 2. The zero-order valence-electron chi connectivity index (χ0n) is 9.24. The summed E-state index contributed by atoms with van der Waals surface area (Å²) in [4.78, 5) is 18.0. The van der Waals surface area contributed by atoms with E-state index in [1.54, 1.807) is 0 Å². The molecular formula is C9H19NO4. The van der Waals surface area contributed by atoms with Crippen molar-refractivity contribution in [3.05, 3.63) is 0 Å². The number of hydrogen-bond acceptors (Lipinski definition) is 3. The van der Waals surface area contributed by atoms with Gasteiger partial charge in [-0.2, -0.15) is 0 Å². The molecule has 14 heavy (non-hydrogen) atoms. The Morgan fingerprint density at radius 1 is 1.14 bits per heavy atom. The standard InChI is InChI=1S/C7H18N.C2H2O4/c1-5-8(4,6-2)7-3;3-1(4)2(5)6/h5-7H2,1-4H3;(H,3,4)(H,5,6)/q+1;/p-1. The summed E-state index contributed by atoms with van der Waals surface area (Å²) in [6, 6.07) is 0. The number of aliphatic carboxylic acids is 2. The van der Waals surface area contributed by atoms with Crippen LogP contribution in [0.2, 0.25) is 0 Å². The molecular weight excluding hydrogens is 186 g/mol. The molecule has 0 unspecified atom stereocenters. The van der Waals surface area contributed by atoms with Crippen LogP contribution in [0.15, 0.2) is 0 Å². The minimum atomic E-state index is -2.07. The Bertz CT molecular complexity index is 167. The van der Waals surface area contributed by atoms with Crippen LogP contribution >= 0.6 is 0 Å². The number of quaternary nitrogens is 1. The molecule has 0 aromatic heterocycles. The largest absolute Gasteiger partial charge is 0.539 e. The molecule has 0 saturated carbocycles. The molecule has 5 nitrogen and oxygen atoms in total. The van der Waals surface area contributed by atoms with Crippen molar-refractivity contribution in [3.63, 3.8) is 0 Å². The van der Waals surface area contributed by atoms with Crippen LogP contribution in [0.5, 0.6) is 0 Å². The minimum Gasteiger partial charge on any atom is -0.539 e. The molecule has 84 valence electrons. The maximum Gasteiger partial charge on any atom is 0.351 e. The van der Waals surface area contributed by atoms with E-state index in [-0.39, 0.29) is 0 Å². The second kappa shape index (κ2) is 7.32. The maximum atomic E-state index is 9.04. The average Bonchev–Trinajstić information content (AvgIpc) is 2.17. The molecule has 0 saturated heterocycles. The van der Waals surface area contributed by atoms with Gasteiger partial charge in [0, 0.05) is 0 Å². The molecule has 0 atom stereocenters. The Morgan fingerprint density at radius 2 is 1.36 bits per heavy atom. The first-order valence-electron chi connectivity index (χ1n) is 4.60. The zero-order chi connectivity index (χ0) is 11.8. The number of nitrogens with zero attached hydrogens (tertiary/aromatic N) is 1. The van der Waals surface area contributed by atoms with Crippen LogP contribution in [0.3, 0.4) is 0 Å². The maximum absolute atomic E-state index is 9.04. The summed E-state index contributed by atoms with van der Waals surface area (Å²) in [6.07, 6.45) is 0. The van der Waals surface area contributed by atoms with E-state index in [0.717, 1.165) is 0 Å². The van der Waals surface area contributed by atoms with E-state index in [4.69, 9.17) is 19.8 Å². The van der Waals surface area contributed by atoms with Gasteiger partial charge < -0.3 is 19.5 Å². The van der Waals surface area contributed by atoms with E-state index in [1.165, 1.54) is 24.1 Å². The van der Waals surface area contributed by atoms with E-state index in [1.807, 2.05) is 0 Å². The highest BCUT2D eigenvalue weighted by Crippen LogP contribution is 1.97. The van der Waals surface area contributed by atoms with Gasteiger partial charge in [0.2, 0.25) is 0 Å². The topological polar surface area (TPSA) is 77.4 Å². The van der Waals surface area contributed by atoms with Crippen LogP contribution in [0, 0.1) is 0 Å². The number of carboxylic acids is 2. The quantitative estimate of drug-likeness (QED) is 0.489. The smallest absolute Gasteiger partial charge is 0.351 e. The lowest BCUT2D eigenvalue weighted by molar-refractivity contribution is -0.904. The highest BCUT2D eigenvalue weighted by Gasteiger charge is 2.10.